The Labute approximate surface area is 105 Å². The van der Waals surface area contributed by atoms with Crippen LogP contribution in [-0.4, -0.2) is 15.3 Å². The van der Waals surface area contributed by atoms with Crippen LogP contribution in [0.25, 0.3) is 0 Å². The lowest BCUT2D eigenvalue weighted by atomic mass is 10.3. The summed E-state index contributed by atoms with van der Waals surface area (Å²) in [5.41, 5.74) is 4.81. The van der Waals surface area contributed by atoms with E-state index in [0.717, 1.165) is 0 Å². The van der Waals surface area contributed by atoms with Crippen LogP contribution in [0.4, 0.5) is 5.82 Å². The predicted octanol–water partition coefficient (Wildman–Crippen LogP) is 1.42. The molecule has 0 radical (unpaired) electrons. The molecule has 17 heavy (non-hydrogen) atoms. The van der Waals surface area contributed by atoms with Crippen molar-refractivity contribution < 1.29 is 4.79 Å². The Hall–Kier alpha value is -1.66. The van der Waals surface area contributed by atoms with E-state index in [1.807, 2.05) is 0 Å². The van der Waals surface area contributed by atoms with E-state index >= 15 is 0 Å². The van der Waals surface area contributed by atoms with Gasteiger partial charge in [0.25, 0.3) is 0 Å². The Balaban J connectivity index is 2.21. The summed E-state index contributed by atoms with van der Waals surface area (Å²) < 4.78 is 1.74. The van der Waals surface area contributed by atoms with Gasteiger partial charge >= 0.3 is 5.69 Å². The molecule has 0 unspecified atom stereocenters. The van der Waals surface area contributed by atoms with Crippen molar-refractivity contribution >= 4 is 34.5 Å². The van der Waals surface area contributed by atoms with Crippen molar-refractivity contribution in [2.45, 2.75) is 6.54 Å². The van der Waals surface area contributed by atoms with Crippen LogP contribution < -0.4 is 11.4 Å². The van der Waals surface area contributed by atoms with Gasteiger partial charge in [-0.1, -0.05) is 11.6 Å². The van der Waals surface area contributed by atoms with Gasteiger partial charge in [0.05, 0.1) is 15.8 Å². The van der Waals surface area contributed by atoms with E-state index in [9.17, 15) is 9.59 Å². The van der Waals surface area contributed by atoms with Crippen LogP contribution >= 0.6 is 22.9 Å². The maximum absolute atomic E-state index is 11.8. The highest BCUT2D eigenvalue weighted by atomic mass is 35.5. The number of carbonyl (C=O) groups is 1. The molecule has 0 saturated carbocycles. The minimum atomic E-state index is -0.541. The van der Waals surface area contributed by atoms with Crippen LogP contribution in [0.3, 0.4) is 0 Å². The van der Waals surface area contributed by atoms with E-state index in [-0.39, 0.29) is 18.1 Å². The molecule has 2 N–H and O–H groups in total. The fourth-order valence-corrected chi connectivity index (χ4v) is 2.23. The number of aromatic nitrogens is 2. The van der Waals surface area contributed by atoms with Crippen LogP contribution in [0.2, 0.25) is 4.34 Å². The second-order valence-corrected chi connectivity index (χ2v) is 5.00. The summed E-state index contributed by atoms with van der Waals surface area (Å²) in [4.78, 5) is 27.3. The van der Waals surface area contributed by atoms with E-state index < -0.39 is 5.69 Å². The highest BCUT2D eigenvalue weighted by Gasteiger charge is 2.10. The number of nitrogen functional groups attached to an aromatic ring is 1. The number of hydrogen-bond acceptors (Lipinski definition) is 5. The molecule has 0 aliphatic carbocycles. The Morgan fingerprint density at radius 3 is 2.82 bits per heavy atom. The van der Waals surface area contributed by atoms with Gasteiger partial charge in [0.2, 0.25) is 0 Å². The number of carbonyl (C=O) groups excluding carboxylic acids is 1. The summed E-state index contributed by atoms with van der Waals surface area (Å²) in [6, 6.07) is 4.74. The number of nitrogens with two attached hydrogens (primary N) is 1. The molecule has 0 saturated heterocycles. The molecule has 88 valence electrons. The molecule has 0 aliphatic heterocycles. The van der Waals surface area contributed by atoms with Gasteiger partial charge in [0.15, 0.2) is 5.78 Å². The molecule has 2 heterocycles. The largest absolute Gasteiger partial charge is 0.383 e. The summed E-state index contributed by atoms with van der Waals surface area (Å²) in [6.45, 7) is -0.0665. The molecule has 2 aromatic rings. The Kier molecular flexibility index (Phi) is 3.26. The van der Waals surface area contributed by atoms with Gasteiger partial charge in [0.1, 0.15) is 5.82 Å². The van der Waals surface area contributed by atoms with Crippen molar-refractivity contribution in [2.75, 3.05) is 5.73 Å². The zero-order chi connectivity index (χ0) is 12.4. The van der Waals surface area contributed by atoms with Crippen LogP contribution in [0, 0.1) is 0 Å². The number of anilines is 1. The monoisotopic (exact) mass is 269 g/mol. The normalized spacial score (nSPS) is 10.4. The quantitative estimate of drug-likeness (QED) is 0.855. The first-order valence-electron chi connectivity index (χ1n) is 4.68. The summed E-state index contributed by atoms with van der Waals surface area (Å²) in [5.74, 6) is -0.0477. The third-order valence-electron chi connectivity index (χ3n) is 2.06. The van der Waals surface area contributed by atoms with Crippen molar-refractivity contribution in [3.8, 4) is 0 Å². The Morgan fingerprint density at radius 1 is 1.47 bits per heavy atom. The molecule has 0 spiro atoms. The van der Waals surface area contributed by atoms with E-state index in [4.69, 9.17) is 17.3 Å². The van der Waals surface area contributed by atoms with Gasteiger partial charge < -0.3 is 5.73 Å². The molecular formula is C10H8ClN3O2S. The minimum Gasteiger partial charge on any atom is -0.383 e. The first kappa shape index (κ1) is 11.8. The maximum Gasteiger partial charge on any atom is 0.349 e. The molecular weight excluding hydrogens is 262 g/mol. The third kappa shape index (κ3) is 2.72. The van der Waals surface area contributed by atoms with Crippen molar-refractivity contribution in [1.82, 2.24) is 9.55 Å². The summed E-state index contributed by atoms with van der Waals surface area (Å²) in [6.07, 6.45) is 1.44. The maximum atomic E-state index is 11.8. The number of nitrogens with zero attached hydrogens (tertiary/aromatic N) is 2. The molecule has 7 heteroatoms. The lowest BCUT2D eigenvalue weighted by molar-refractivity contribution is 0.0974. The second kappa shape index (κ2) is 4.68. The van der Waals surface area contributed by atoms with Gasteiger partial charge in [-0.05, 0) is 18.2 Å². The third-order valence-corrected chi connectivity index (χ3v) is 3.33. The molecule has 0 aromatic carbocycles. The summed E-state index contributed by atoms with van der Waals surface area (Å²) >= 11 is 6.91. The van der Waals surface area contributed by atoms with Gasteiger partial charge in [-0.2, -0.15) is 4.98 Å². The van der Waals surface area contributed by atoms with Gasteiger partial charge in [-0.3, -0.25) is 9.36 Å². The van der Waals surface area contributed by atoms with Crippen molar-refractivity contribution in [3.63, 3.8) is 0 Å². The van der Waals surface area contributed by atoms with Gasteiger partial charge in [-0.15, -0.1) is 11.3 Å². The molecule has 0 aliphatic rings. The van der Waals surface area contributed by atoms with Gasteiger partial charge in [-0.25, -0.2) is 4.79 Å². The van der Waals surface area contributed by atoms with Crippen LogP contribution in [0.5, 0.6) is 0 Å². The molecule has 0 amide bonds. The van der Waals surface area contributed by atoms with Gasteiger partial charge in [0, 0.05) is 6.20 Å². The zero-order valence-corrected chi connectivity index (χ0v) is 10.2. The van der Waals surface area contributed by atoms with Crippen LogP contribution in [0.15, 0.2) is 29.2 Å². The lowest BCUT2D eigenvalue weighted by Crippen LogP contribution is -2.26. The Bertz CT molecular complexity index is 620. The van der Waals surface area contributed by atoms with Crippen LogP contribution in [-0.2, 0) is 6.54 Å². The SMILES string of the molecule is Nc1ccn(CC(=O)c2ccc(Cl)s2)c(=O)n1. The smallest absolute Gasteiger partial charge is 0.349 e. The number of Topliss-reactive ketones (excluding diaryl/α,β-unsaturated/α-hetero) is 1. The average molecular weight is 270 g/mol. The fourth-order valence-electron chi connectivity index (χ4n) is 1.26. The molecule has 0 atom stereocenters. The number of thiophene rings is 1. The molecule has 5 nitrogen and oxygen atoms in total. The van der Waals surface area contributed by atoms with Crippen LogP contribution in [0.1, 0.15) is 9.67 Å². The number of hydrogen-bond donors (Lipinski definition) is 1. The van der Waals surface area contributed by atoms with E-state index in [1.54, 1.807) is 12.1 Å². The highest BCUT2D eigenvalue weighted by molar-refractivity contribution is 7.18. The predicted molar refractivity (Wildman–Crippen MR) is 66.6 cm³/mol. The fraction of sp³-hybridized carbons (Fsp3) is 0.100. The number of ketones is 1. The number of rotatable bonds is 3. The standard InChI is InChI=1S/C10H8ClN3O2S/c11-8-2-1-7(17-8)6(15)5-14-4-3-9(12)13-10(14)16/h1-4H,5H2,(H2,12,13,16). The summed E-state index contributed by atoms with van der Waals surface area (Å²) in [7, 11) is 0. The first-order valence-corrected chi connectivity index (χ1v) is 5.87. The van der Waals surface area contributed by atoms with Crippen molar-refractivity contribution in [1.29, 1.82) is 0 Å². The average Bonchev–Trinajstić information content (AvgIpc) is 2.69. The summed E-state index contributed by atoms with van der Waals surface area (Å²) in [5, 5.41) is 0. The molecule has 2 rings (SSSR count). The second-order valence-electron chi connectivity index (χ2n) is 3.29. The molecule has 2 aromatic heterocycles. The van der Waals surface area contributed by atoms with Crippen molar-refractivity contribution in [2.24, 2.45) is 0 Å². The Morgan fingerprint density at radius 2 is 2.24 bits per heavy atom. The van der Waals surface area contributed by atoms with E-state index in [2.05, 4.69) is 4.98 Å². The van der Waals surface area contributed by atoms with Crippen molar-refractivity contribution in [3.05, 3.63) is 44.1 Å². The topological polar surface area (TPSA) is 78.0 Å². The highest BCUT2D eigenvalue weighted by Crippen LogP contribution is 2.21. The van der Waals surface area contributed by atoms with E-state index in [0.29, 0.717) is 9.21 Å². The zero-order valence-electron chi connectivity index (χ0n) is 8.59. The molecule has 0 bridgehead atoms. The first-order chi connectivity index (χ1) is 8.06. The number of halogens is 1. The lowest BCUT2D eigenvalue weighted by Gasteiger charge is -2.02. The van der Waals surface area contributed by atoms with E-state index in [1.165, 1.54) is 28.2 Å². The minimum absolute atomic E-state index is 0.0665. The molecule has 0 fully saturated rings.